The molecule has 0 unspecified atom stereocenters. The van der Waals surface area contributed by atoms with Crippen molar-refractivity contribution in [2.75, 3.05) is 5.32 Å². The maximum Gasteiger partial charge on any atom is 0.345 e. The molecular formula is C9H7N3O3S2. The second-order valence-corrected chi connectivity index (χ2v) is 4.95. The topological polar surface area (TPSA) is 92.2 Å². The average molecular weight is 269 g/mol. The van der Waals surface area contributed by atoms with Crippen LogP contribution < -0.4 is 5.32 Å². The van der Waals surface area contributed by atoms with Gasteiger partial charge in [0.2, 0.25) is 0 Å². The minimum atomic E-state index is -1.01. The van der Waals surface area contributed by atoms with Crippen molar-refractivity contribution in [3.63, 3.8) is 0 Å². The van der Waals surface area contributed by atoms with Crippen LogP contribution in [0.3, 0.4) is 0 Å². The van der Waals surface area contributed by atoms with Gasteiger partial charge in [-0.2, -0.15) is 0 Å². The SMILES string of the molecule is Cc1nnsc1C(=O)Nc1ccc(C(=O)O)s1. The van der Waals surface area contributed by atoms with Crippen molar-refractivity contribution in [2.45, 2.75) is 6.92 Å². The number of aromatic carboxylic acids is 1. The van der Waals surface area contributed by atoms with E-state index in [0.29, 0.717) is 15.6 Å². The summed E-state index contributed by atoms with van der Waals surface area (Å²) in [6, 6.07) is 3.00. The standard InChI is InChI=1S/C9H7N3O3S2/c1-4-7(17-12-11-4)8(13)10-6-3-2-5(16-6)9(14)15/h2-3H,1H3,(H,10,13)(H,14,15). The Balaban J connectivity index is 2.13. The molecule has 8 heteroatoms. The van der Waals surface area contributed by atoms with Crippen LogP contribution in [-0.2, 0) is 0 Å². The van der Waals surface area contributed by atoms with Gasteiger partial charge in [-0.1, -0.05) is 4.49 Å². The number of nitrogens with one attached hydrogen (secondary N) is 1. The second kappa shape index (κ2) is 4.60. The summed E-state index contributed by atoms with van der Waals surface area (Å²) in [5, 5.41) is 15.6. The summed E-state index contributed by atoms with van der Waals surface area (Å²) < 4.78 is 3.66. The number of hydrogen-bond acceptors (Lipinski definition) is 6. The number of rotatable bonds is 3. The number of anilines is 1. The van der Waals surface area contributed by atoms with Crippen molar-refractivity contribution in [3.05, 3.63) is 27.6 Å². The van der Waals surface area contributed by atoms with Gasteiger partial charge in [0.25, 0.3) is 5.91 Å². The number of aryl methyl sites for hydroxylation is 1. The van der Waals surface area contributed by atoms with Crippen LogP contribution in [0.15, 0.2) is 12.1 Å². The zero-order valence-corrected chi connectivity index (χ0v) is 10.3. The Labute approximate surface area is 104 Å². The molecule has 2 N–H and O–H groups in total. The van der Waals surface area contributed by atoms with Crippen LogP contribution in [0.25, 0.3) is 0 Å². The normalized spacial score (nSPS) is 10.2. The van der Waals surface area contributed by atoms with E-state index in [2.05, 4.69) is 14.9 Å². The molecular weight excluding hydrogens is 262 g/mol. The third-order valence-electron chi connectivity index (χ3n) is 1.91. The fraction of sp³-hybridized carbons (Fsp3) is 0.111. The smallest absolute Gasteiger partial charge is 0.345 e. The highest BCUT2D eigenvalue weighted by Gasteiger charge is 2.15. The molecule has 1 amide bonds. The molecule has 0 atom stereocenters. The monoisotopic (exact) mass is 269 g/mol. The van der Waals surface area contributed by atoms with Crippen LogP contribution in [0.5, 0.6) is 0 Å². The Morgan fingerprint density at radius 3 is 2.71 bits per heavy atom. The van der Waals surface area contributed by atoms with Crippen molar-refractivity contribution in [3.8, 4) is 0 Å². The summed E-state index contributed by atoms with van der Waals surface area (Å²) in [7, 11) is 0. The third kappa shape index (κ3) is 2.48. The Kier molecular flexibility index (Phi) is 3.16. The molecule has 17 heavy (non-hydrogen) atoms. The second-order valence-electron chi connectivity index (χ2n) is 3.11. The van der Waals surface area contributed by atoms with E-state index in [0.717, 1.165) is 22.9 Å². The number of hydrogen-bond donors (Lipinski definition) is 2. The number of thiophene rings is 1. The Morgan fingerprint density at radius 2 is 2.18 bits per heavy atom. The first-order valence-corrected chi connectivity index (χ1v) is 6.10. The summed E-state index contributed by atoms with van der Waals surface area (Å²) in [4.78, 5) is 23.0. The summed E-state index contributed by atoms with van der Waals surface area (Å²) in [6.07, 6.45) is 0. The minimum absolute atomic E-state index is 0.180. The fourth-order valence-electron chi connectivity index (χ4n) is 1.13. The summed E-state index contributed by atoms with van der Waals surface area (Å²) >= 11 is 2.01. The lowest BCUT2D eigenvalue weighted by atomic mass is 10.4. The Hall–Kier alpha value is -1.80. The van der Waals surface area contributed by atoms with Gasteiger partial charge in [0.15, 0.2) is 0 Å². The van der Waals surface area contributed by atoms with Crippen molar-refractivity contribution in [1.82, 2.24) is 9.59 Å². The van der Waals surface area contributed by atoms with Crippen LogP contribution in [0.1, 0.15) is 25.0 Å². The molecule has 0 aliphatic heterocycles. The summed E-state index contributed by atoms with van der Waals surface area (Å²) in [6.45, 7) is 1.69. The quantitative estimate of drug-likeness (QED) is 0.887. The number of aromatic nitrogens is 2. The van der Waals surface area contributed by atoms with Crippen LogP contribution in [0, 0.1) is 6.92 Å². The average Bonchev–Trinajstić information content (AvgIpc) is 2.86. The van der Waals surface area contributed by atoms with Crippen molar-refractivity contribution in [1.29, 1.82) is 0 Å². The zero-order chi connectivity index (χ0) is 12.4. The maximum absolute atomic E-state index is 11.8. The van der Waals surface area contributed by atoms with E-state index in [4.69, 9.17) is 5.11 Å². The molecule has 0 radical (unpaired) electrons. The number of amides is 1. The van der Waals surface area contributed by atoms with E-state index in [1.807, 2.05) is 0 Å². The van der Waals surface area contributed by atoms with E-state index >= 15 is 0 Å². The third-order valence-corrected chi connectivity index (χ3v) is 3.73. The number of carboxylic acids is 1. The number of carbonyl (C=O) groups excluding carboxylic acids is 1. The lowest BCUT2D eigenvalue weighted by Crippen LogP contribution is -2.10. The molecule has 0 saturated carbocycles. The molecule has 2 aromatic heterocycles. The molecule has 0 bridgehead atoms. The number of carboxylic acid groups (broad SMARTS) is 1. The van der Waals surface area contributed by atoms with Crippen molar-refractivity contribution < 1.29 is 14.7 Å². The van der Waals surface area contributed by atoms with Crippen molar-refractivity contribution >= 4 is 39.7 Å². The summed E-state index contributed by atoms with van der Waals surface area (Å²) in [5.74, 6) is -1.33. The van der Waals surface area contributed by atoms with E-state index in [1.165, 1.54) is 6.07 Å². The summed E-state index contributed by atoms with van der Waals surface area (Å²) in [5.41, 5.74) is 0.558. The van der Waals surface area contributed by atoms with E-state index in [-0.39, 0.29) is 10.8 Å². The van der Waals surface area contributed by atoms with Crippen molar-refractivity contribution in [2.24, 2.45) is 0 Å². The number of nitrogens with zero attached hydrogens (tertiary/aromatic N) is 2. The first-order valence-electron chi connectivity index (χ1n) is 4.51. The lowest BCUT2D eigenvalue weighted by Gasteiger charge is -1.98. The van der Waals surface area contributed by atoms with E-state index in [1.54, 1.807) is 13.0 Å². The largest absolute Gasteiger partial charge is 0.477 e. The molecule has 0 aliphatic carbocycles. The van der Waals surface area contributed by atoms with Crippen LogP contribution in [0.2, 0.25) is 0 Å². The molecule has 88 valence electrons. The molecule has 2 heterocycles. The maximum atomic E-state index is 11.8. The Morgan fingerprint density at radius 1 is 1.41 bits per heavy atom. The molecule has 0 aromatic carbocycles. The predicted molar refractivity (Wildman–Crippen MR) is 63.9 cm³/mol. The van der Waals surface area contributed by atoms with Crippen LogP contribution in [0.4, 0.5) is 5.00 Å². The highest BCUT2D eigenvalue weighted by molar-refractivity contribution is 7.18. The zero-order valence-electron chi connectivity index (χ0n) is 8.63. The first-order chi connectivity index (χ1) is 8.08. The molecule has 6 nitrogen and oxygen atoms in total. The number of carbonyl (C=O) groups is 2. The highest BCUT2D eigenvalue weighted by Crippen LogP contribution is 2.23. The van der Waals surface area contributed by atoms with Gasteiger partial charge in [-0.25, -0.2) is 4.79 Å². The minimum Gasteiger partial charge on any atom is -0.477 e. The van der Waals surface area contributed by atoms with Gasteiger partial charge in [0, 0.05) is 0 Å². The van der Waals surface area contributed by atoms with E-state index in [9.17, 15) is 9.59 Å². The molecule has 0 aliphatic rings. The first kappa shape index (κ1) is 11.7. The molecule has 2 aromatic rings. The lowest BCUT2D eigenvalue weighted by molar-refractivity contribution is 0.0702. The predicted octanol–water partition coefficient (Wildman–Crippen LogP) is 1.86. The molecule has 2 rings (SSSR count). The van der Waals surface area contributed by atoms with E-state index < -0.39 is 5.97 Å². The molecule has 0 saturated heterocycles. The van der Waals surface area contributed by atoms with Gasteiger partial charge in [-0.05, 0) is 30.6 Å². The van der Waals surface area contributed by atoms with Gasteiger partial charge in [-0.3, -0.25) is 4.79 Å². The van der Waals surface area contributed by atoms with Gasteiger partial charge in [0.05, 0.1) is 10.7 Å². The molecule has 0 spiro atoms. The molecule has 0 fully saturated rings. The fourth-order valence-corrected chi connectivity index (χ4v) is 2.42. The highest BCUT2D eigenvalue weighted by atomic mass is 32.1. The van der Waals surface area contributed by atoms with Gasteiger partial charge < -0.3 is 10.4 Å². The Bertz CT molecular complexity index is 576. The van der Waals surface area contributed by atoms with Gasteiger partial charge in [0.1, 0.15) is 9.75 Å². The van der Waals surface area contributed by atoms with Crippen LogP contribution >= 0.6 is 22.9 Å². The van der Waals surface area contributed by atoms with Gasteiger partial charge in [-0.15, -0.1) is 16.4 Å². The van der Waals surface area contributed by atoms with Gasteiger partial charge >= 0.3 is 5.97 Å². The van der Waals surface area contributed by atoms with Crippen LogP contribution in [-0.4, -0.2) is 26.6 Å².